The molecule has 2 aromatic heterocycles. The fraction of sp³-hybridized carbons (Fsp3) is 0.500. The quantitative estimate of drug-likeness (QED) is 0.848. The van der Waals surface area contributed by atoms with Crippen LogP contribution in [-0.4, -0.2) is 46.9 Å². The van der Waals surface area contributed by atoms with Gasteiger partial charge in [0.05, 0.1) is 5.69 Å². The smallest absolute Gasteiger partial charge is 0.215 e. The molecule has 0 aromatic carbocycles. The Labute approximate surface area is 126 Å². The summed E-state index contributed by atoms with van der Waals surface area (Å²) in [4.78, 5) is 6.57. The summed E-state index contributed by atoms with van der Waals surface area (Å²) in [5, 5.41) is 4.59. The Morgan fingerprint density at radius 1 is 1.19 bits per heavy atom. The van der Waals surface area contributed by atoms with Gasteiger partial charge in [0.2, 0.25) is 5.88 Å². The predicted octanol–water partition coefficient (Wildman–Crippen LogP) is 2.51. The first-order chi connectivity index (χ1) is 9.86. The summed E-state index contributed by atoms with van der Waals surface area (Å²) in [6.07, 6.45) is 1.94. The van der Waals surface area contributed by atoms with Gasteiger partial charge in [0.25, 0.3) is 0 Å². The van der Waals surface area contributed by atoms with E-state index in [1.807, 2.05) is 44.6 Å². The third-order valence-electron chi connectivity index (χ3n) is 3.09. The molecule has 114 valence electrons. The molecule has 5 nitrogen and oxygen atoms in total. The normalized spacial score (nSPS) is 11.9. The molecule has 0 aliphatic rings. The van der Waals surface area contributed by atoms with Gasteiger partial charge in [-0.1, -0.05) is 26.8 Å². The van der Waals surface area contributed by atoms with Gasteiger partial charge in [0.15, 0.2) is 5.82 Å². The van der Waals surface area contributed by atoms with Crippen LogP contribution in [0.4, 0.5) is 0 Å². The number of nitrogens with zero attached hydrogens (tertiary/aromatic N) is 4. The molecule has 2 heterocycles. The van der Waals surface area contributed by atoms with Crippen molar-refractivity contribution in [3.05, 3.63) is 36.2 Å². The lowest BCUT2D eigenvalue weighted by Gasteiger charge is -2.14. The van der Waals surface area contributed by atoms with Crippen LogP contribution < -0.4 is 4.74 Å². The molecule has 0 saturated heterocycles. The second-order valence-corrected chi connectivity index (χ2v) is 6.38. The van der Waals surface area contributed by atoms with Crippen molar-refractivity contribution < 1.29 is 4.74 Å². The van der Waals surface area contributed by atoms with Crippen molar-refractivity contribution in [2.45, 2.75) is 26.2 Å². The highest BCUT2D eigenvalue weighted by atomic mass is 16.5. The Hall–Kier alpha value is -1.88. The molecule has 0 saturated carbocycles. The van der Waals surface area contributed by atoms with Gasteiger partial charge in [-0.25, -0.2) is 4.68 Å². The predicted molar refractivity (Wildman–Crippen MR) is 84.1 cm³/mol. The van der Waals surface area contributed by atoms with Crippen LogP contribution in [0.5, 0.6) is 5.88 Å². The minimum absolute atomic E-state index is 0.0328. The van der Waals surface area contributed by atoms with E-state index in [9.17, 15) is 0 Å². The molecule has 0 radical (unpaired) electrons. The van der Waals surface area contributed by atoms with Crippen molar-refractivity contribution in [2.75, 3.05) is 27.2 Å². The number of hydrogen-bond donors (Lipinski definition) is 0. The maximum atomic E-state index is 5.66. The lowest BCUT2D eigenvalue weighted by atomic mass is 9.93. The fourth-order valence-corrected chi connectivity index (χ4v) is 1.80. The number of hydrogen-bond acceptors (Lipinski definition) is 4. The molecule has 0 bridgehead atoms. The second kappa shape index (κ2) is 6.26. The van der Waals surface area contributed by atoms with Gasteiger partial charge >= 0.3 is 0 Å². The van der Waals surface area contributed by atoms with E-state index in [-0.39, 0.29) is 5.41 Å². The van der Waals surface area contributed by atoms with Crippen molar-refractivity contribution in [1.29, 1.82) is 0 Å². The van der Waals surface area contributed by atoms with Crippen LogP contribution in [0.1, 0.15) is 26.5 Å². The van der Waals surface area contributed by atoms with Crippen molar-refractivity contribution in [3.63, 3.8) is 0 Å². The van der Waals surface area contributed by atoms with Crippen LogP contribution in [0, 0.1) is 0 Å². The van der Waals surface area contributed by atoms with Crippen molar-refractivity contribution in [1.82, 2.24) is 19.7 Å². The highest BCUT2D eigenvalue weighted by Crippen LogP contribution is 2.21. The Morgan fingerprint density at radius 3 is 2.57 bits per heavy atom. The number of pyridine rings is 1. The van der Waals surface area contributed by atoms with Crippen molar-refractivity contribution in [3.8, 4) is 11.7 Å². The monoisotopic (exact) mass is 288 g/mol. The summed E-state index contributed by atoms with van der Waals surface area (Å²) in [6, 6.07) is 7.76. The lowest BCUT2D eigenvalue weighted by Crippen LogP contribution is -2.19. The van der Waals surface area contributed by atoms with Crippen molar-refractivity contribution in [2.24, 2.45) is 0 Å². The van der Waals surface area contributed by atoms with Crippen LogP contribution in [0.15, 0.2) is 30.5 Å². The molecule has 0 atom stereocenters. The Morgan fingerprint density at radius 2 is 1.95 bits per heavy atom. The first-order valence-electron chi connectivity index (χ1n) is 7.17. The maximum absolute atomic E-state index is 5.66. The molecular formula is C16H24N4O. The number of likely N-dealkylation sites (N-methyl/N-ethyl adjacent to an activating group) is 1. The molecule has 0 unspecified atom stereocenters. The zero-order valence-electron chi connectivity index (χ0n) is 13.5. The molecule has 2 rings (SSSR count). The summed E-state index contributed by atoms with van der Waals surface area (Å²) in [5.41, 5.74) is 1.08. The zero-order valence-corrected chi connectivity index (χ0v) is 13.5. The maximum Gasteiger partial charge on any atom is 0.215 e. The van der Waals surface area contributed by atoms with Crippen LogP contribution in [0.25, 0.3) is 5.82 Å². The molecule has 0 fully saturated rings. The van der Waals surface area contributed by atoms with Gasteiger partial charge < -0.3 is 9.64 Å². The van der Waals surface area contributed by atoms with E-state index in [1.165, 1.54) is 0 Å². The van der Waals surface area contributed by atoms with Gasteiger partial charge in [-0.05, 0) is 26.2 Å². The van der Waals surface area contributed by atoms with E-state index >= 15 is 0 Å². The minimum atomic E-state index is 0.0328. The Balaban J connectivity index is 2.12. The van der Waals surface area contributed by atoms with E-state index in [4.69, 9.17) is 4.74 Å². The standard InChI is InChI=1S/C16H24N4O/c1-16(2,3)13-9-10-20(18-13)14-7-6-8-15(17-14)21-12-11-19(4)5/h6-10H,11-12H2,1-5H3. The summed E-state index contributed by atoms with van der Waals surface area (Å²) in [7, 11) is 4.04. The summed E-state index contributed by atoms with van der Waals surface area (Å²) < 4.78 is 7.45. The Bertz CT molecular complexity index is 584. The number of aromatic nitrogens is 3. The van der Waals surface area contributed by atoms with E-state index < -0.39 is 0 Å². The van der Waals surface area contributed by atoms with Crippen LogP contribution in [0.3, 0.4) is 0 Å². The topological polar surface area (TPSA) is 43.2 Å². The summed E-state index contributed by atoms with van der Waals surface area (Å²) >= 11 is 0. The molecular weight excluding hydrogens is 264 g/mol. The van der Waals surface area contributed by atoms with E-state index in [1.54, 1.807) is 4.68 Å². The van der Waals surface area contributed by atoms with Gasteiger partial charge in [0, 0.05) is 24.2 Å². The number of ether oxygens (including phenoxy) is 1. The molecule has 0 N–H and O–H groups in total. The van der Waals surface area contributed by atoms with Gasteiger partial charge in [0.1, 0.15) is 6.61 Å². The molecule has 0 aliphatic carbocycles. The molecule has 0 aliphatic heterocycles. The zero-order chi connectivity index (χ0) is 15.5. The van der Waals surface area contributed by atoms with Gasteiger partial charge in [-0.15, -0.1) is 0 Å². The highest BCUT2D eigenvalue weighted by Gasteiger charge is 2.17. The SMILES string of the molecule is CN(C)CCOc1cccc(-n2ccc(C(C)(C)C)n2)n1. The molecule has 21 heavy (non-hydrogen) atoms. The van der Waals surface area contributed by atoms with Crippen molar-refractivity contribution >= 4 is 0 Å². The third kappa shape index (κ3) is 4.29. The van der Waals surface area contributed by atoms with Crippen LogP contribution in [0.2, 0.25) is 0 Å². The van der Waals surface area contributed by atoms with E-state index in [0.29, 0.717) is 12.5 Å². The average Bonchev–Trinajstić information content (AvgIpc) is 2.88. The van der Waals surface area contributed by atoms with Crippen LogP contribution in [-0.2, 0) is 5.41 Å². The number of rotatable bonds is 5. The highest BCUT2D eigenvalue weighted by molar-refractivity contribution is 5.27. The fourth-order valence-electron chi connectivity index (χ4n) is 1.80. The average molecular weight is 288 g/mol. The second-order valence-electron chi connectivity index (χ2n) is 6.38. The summed E-state index contributed by atoms with van der Waals surface area (Å²) in [5.74, 6) is 1.40. The first-order valence-corrected chi connectivity index (χ1v) is 7.17. The van der Waals surface area contributed by atoms with E-state index in [0.717, 1.165) is 18.1 Å². The third-order valence-corrected chi connectivity index (χ3v) is 3.09. The molecule has 5 heteroatoms. The first kappa shape index (κ1) is 15.5. The molecule has 0 amide bonds. The van der Waals surface area contributed by atoms with Gasteiger partial charge in [-0.2, -0.15) is 10.1 Å². The van der Waals surface area contributed by atoms with Crippen LogP contribution >= 0.6 is 0 Å². The lowest BCUT2D eigenvalue weighted by molar-refractivity contribution is 0.253. The molecule has 0 spiro atoms. The Kier molecular flexibility index (Phi) is 4.63. The molecule has 2 aromatic rings. The minimum Gasteiger partial charge on any atom is -0.476 e. The van der Waals surface area contributed by atoms with E-state index in [2.05, 4.69) is 35.8 Å². The summed E-state index contributed by atoms with van der Waals surface area (Å²) in [6.45, 7) is 7.92. The van der Waals surface area contributed by atoms with Gasteiger partial charge in [-0.3, -0.25) is 0 Å². The largest absolute Gasteiger partial charge is 0.476 e.